The fourth-order valence-corrected chi connectivity index (χ4v) is 2.57. The number of piperazine rings is 1. The summed E-state index contributed by atoms with van der Waals surface area (Å²) in [6.45, 7) is 9.65. The number of benzene rings is 1. The van der Waals surface area contributed by atoms with Gasteiger partial charge in [-0.15, -0.1) is 12.4 Å². The van der Waals surface area contributed by atoms with Crippen molar-refractivity contribution in [3.63, 3.8) is 0 Å². The molecule has 0 saturated carbocycles. The van der Waals surface area contributed by atoms with E-state index in [-0.39, 0.29) is 18.4 Å². The Kier molecular flexibility index (Phi) is 7.25. The third kappa shape index (κ3) is 4.41. The first-order valence-corrected chi connectivity index (χ1v) is 7.65. The number of aryl methyl sites for hydroxylation is 1. The van der Waals surface area contributed by atoms with E-state index in [1.165, 1.54) is 16.8 Å². The van der Waals surface area contributed by atoms with E-state index in [1.807, 2.05) is 17.9 Å². The Hall–Kier alpha value is -1.68. The molecule has 1 saturated heterocycles. The van der Waals surface area contributed by atoms with Crippen molar-refractivity contribution in [3.05, 3.63) is 41.6 Å². The van der Waals surface area contributed by atoms with Gasteiger partial charge in [-0.25, -0.2) is 4.79 Å². The quantitative estimate of drug-likeness (QED) is 0.924. The predicted molar refractivity (Wildman–Crippen MR) is 94.9 cm³/mol. The number of hydrogen-bond donors (Lipinski definition) is 1. The van der Waals surface area contributed by atoms with Gasteiger partial charge in [0.15, 0.2) is 0 Å². The highest BCUT2D eigenvalue weighted by molar-refractivity contribution is 5.85. The lowest BCUT2D eigenvalue weighted by molar-refractivity contribution is 0.198. The minimum atomic E-state index is 0. The number of amides is 2. The summed E-state index contributed by atoms with van der Waals surface area (Å²) >= 11 is 0. The zero-order valence-corrected chi connectivity index (χ0v) is 14.4. The van der Waals surface area contributed by atoms with Gasteiger partial charge in [0.05, 0.1) is 0 Å². The van der Waals surface area contributed by atoms with Crippen LogP contribution in [0, 0.1) is 13.8 Å². The Bertz CT molecular complexity index is 523. The maximum atomic E-state index is 12.0. The van der Waals surface area contributed by atoms with Crippen LogP contribution in [0.25, 0.3) is 0 Å². The molecule has 1 aromatic rings. The molecule has 0 atom stereocenters. The van der Waals surface area contributed by atoms with Gasteiger partial charge >= 0.3 is 6.03 Å². The van der Waals surface area contributed by atoms with E-state index in [4.69, 9.17) is 0 Å². The first-order chi connectivity index (χ1) is 10.1. The van der Waals surface area contributed by atoms with Crippen LogP contribution in [0.4, 0.5) is 10.5 Å². The fourth-order valence-electron chi connectivity index (χ4n) is 2.57. The zero-order chi connectivity index (χ0) is 15.2. The summed E-state index contributed by atoms with van der Waals surface area (Å²) in [7, 11) is 0. The summed E-state index contributed by atoms with van der Waals surface area (Å²) in [5, 5.41) is 2.82. The monoisotopic (exact) mass is 323 g/mol. The number of hydrogen-bond acceptors (Lipinski definition) is 2. The van der Waals surface area contributed by atoms with Crippen LogP contribution in [0.2, 0.25) is 0 Å². The van der Waals surface area contributed by atoms with E-state index in [2.05, 4.69) is 42.3 Å². The molecule has 0 unspecified atom stereocenters. The van der Waals surface area contributed by atoms with Crippen LogP contribution >= 0.6 is 12.4 Å². The molecule has 1 N–H and O–H groups in total. The summed E-state index contributed by atoms with van der Waals surface area (Å²) in [5.74, 6) is 0. The van der Waals surface area contributed by atoms with Crippen molar-refractivity contribution in [1.82, 2.24) is 10.2 Å². The van der Waals surface area contributed by atoms with E-state index < -0.39 is 0 Å². The van der Waals surface area contributed by atoms with Crippen LogP contribution in [0.15, 0.2) is 30.5 Å². The average molecular weight is 324 g/mol. The molecular formula is C17H26ClN3O. The van der Waals surface area contributed by atoms with Gasteiger partial charge in [0.1, 0.15) is 0 Å². The smallest absolute Gasteiger partial charge is 0.321 e. The Morgan fingerprint density at radius 2 is 1.91 bits per heavy atom. The van der Waals surface area contributed by atoms with Crippen LogP contribution in [0.1, 0.15) is 24.5 Å². The summed E-state index contributed by atoms with van der Waals surface area (Å²) in [5.41, 5.74) is 3.94. The number of urea groups is 1. The second-order valence-corrected chi connectivity index (χ2v) is 5.45. The molecule has 1 fully saturated rings. The summed E-state index contributed by atoms with van der Waals surface area (Å²) in [6, 6.07) is 6.41. The molecule has 5 heteroatoms. The number of anilines is 1. The molecule has 2 rings (SSSR count). The number of nitrogens with zero attached hydrogens (tertiary/aromatic N) is 2. The third-order valence-electron chi connectivity index (χ3n) is 4.04. The van der Waals surface area contributed by atoms with Crippen LogP contribution in [0.5, 0.6) is 0 Å². The largest absolute Gasteiger partial charge is 0.368 e. The Morgan fingerprint density at radius 3 is 2.55 bits per heavy atom. The standard InChI is InChI=1S/C17H25N3O.ClH/c1-4-5-9-18-17(21)20-12-10-19(11-13-20)16-8-6-7-14(2)15(16)3;/h5-9H,4,10-13H2,1-3H3,(H,18,21);1H/b9-5+;. The maximum Gasteiger partial charge on any atom is 0.321 e. The molecule has 4 nitrogen and oxygen atoms in total. The number of halogens is 1. The maximum absolute atomic E-state index is 12.0. The fraction of sp³-hybridized carbons (Fsp3) is 0.471. The second kappa shape index (κ2) is 8.69. The SMILES string of the molecule is CC/C=C/NC(=O)N1CCN(c2cccc(C)c2C)CC1.Cl. The molecule has 122 valence electrons. The Labute approximate surface area is 139 Å². The number of carbonyl (C=O) groups excluding carboxylic acids is 1. The molecule has 0 bridgehead atoms. The van der Waals surface area contributed by atoms with Gasteiger partial charge in [0.25, 0.3) is 0 Å². The highest BCUT2D eigenvalue weighted by Crippen LogP contribution is 2.23. The molecular weight excluding hydrogens is 298 g/mol. The second-order valence-electron chi connectivity index (χ2n) is 5.45. The highest BCUT2D eigenvalue weighted by atomic mass is 35.5. The molecule has 1 aromatic carbocycles. The molecule has 0 spiro atoms. The van der Waals surface area contributed by atoms with Crippen molar-refractivity contribution in [3.8, 4) is 0 Å². The molecule has 0 aliphatic carbocycles. The van der Waals surface area contributed by atoms with Crippen LogP contribution in [-0.4, -0.2) is 37.1 Å². The lowest BCUT2D eigenvalue weighted by Gasteiger charge is -2.36. The first kappa shape index (κ1) is 18.4. The van der Waals surface area contributed by atoms with Crippen LogP contribution < -0.4 is 10.2 Å². The molecule has 22 heavy (non-hydrogen) atoms. The van der Waals surface area contributed by atoms with Gasteiger partial charge in [0.2, 0.25) is 0 Å². The van der Waals surface area contributed by atoms with Crippen molar-refractivity contribution < 1.29 is 4.79 Å². The van der Waals surface area contributed by atoms with Gasteiger partial charge in [-0.2, -0.15) is 0 Å². The number of carbonyl (C=O) groups is 1. The third-order valence-corrected chi connectivity index (χ3v) is 4.04. The van der Waals surface area contributed by atoms with Crippen molar-refractivity contribution in [2.24, 2.45) is 0 Å². The van der Waals surface area contributed by atoms with Gasteiger partial charge in [-0.3, -0.25) is 0 Å². The minimum Gasteiger partial charge on any atom is -0.368 e. The first-order valence-electron chi connectivity index (χ1n) is 7.65. The topological polar surface area (TPSA) is 35.6 Å². The van der Waals surface area contributed by atoms with Crippen LogP contribution in [0.3, 0.4) is 0 Å². The summed E-state index contributed by atoms with van der Waals surface area (Å²) in [6.07, 6.45) is 4.62. The summed E-state index contributed by atoms with van der Waals surface area (Å²) < 4.78 is 0. The van der Waals surface area contributed by atoms with Gasteiger partial charge < -0.3 is 15.1 Å². The molecule has 0 radical (unpaired) electrons. The average Bonchev–Trinajstić information content (AvgIpc) is 2.50. The molecule has 1 heterocycles. The van der Waals surface area contributed by atoms with Gasteiger partial charge in [-0.05, 0) is 37.5 Å². The Balaban J connectivity index is 0.00000242. The lowest BCUT2D eigenvalue weighted by Crippen LogP contribution is -2.51. The van der Waals surface area contributed by atoms with E-state index >= 15 is 0 Å². The predicted octanol–water partition coefficient (Wildman–Crippen LogP) is 3.48. The van der Waals surface area contributed by atoms with Crippen molar-refractivity contribution in [2.45, 2.75) is 27.2 Å². The molecule has 1 aliphatic rings. The number of nitrogens with one attached hydrogen (secondary N) is 1. The zero-order valence-electron chi connectivity index (χ0n) is 13.6. The van der Waals surface area contributed by atoms with E-state index in [9.17, 15) is 4.79 Å². The van der Waals surface area contributed by atoms with Crippen molar-refractivity contribution >= 4 is 24.1 Å². The van der Waals surface area contributed by atoms with Gasteiger partial charge in [-0.1, -0.05) is 25.1 Å². The van der Waals surface area contributed by atoms with E-state index in [1.54, 1.807) is 6.20 Å². The number of rotatable bonds is 3. The normalized spacial score (nSPS) is 14.9. The molecule has 0 aromatic heterocycles. The minimum absolute atomic E-state index is 0. The number of allylic oxidation sites excluding steroid dienone is 1. The molecule has 1 aliphatic heterocycles. The van der Waals surface area contributed by atoms with Crippen molar-refractivity contribution in [2.75, 3.05) is 31.1 Å². The van der Waals surface area contributed by atoms with Gasteiger partial charge in [0, 0.05) is 38.1 Å². The van der Waals surface area contributed by atoms with Crippen molar-refractivity contribution in [1.29, 1.82) is 0 Å². The lowest BCUT2D eigenvalue weighted by atomic mass is 10.1. The molecule has 2 amide bonds. The van der Waals surface area contributed by atoms with E-state index in [0.717, 1.165) is 32.6 Å². The summed E-state index contributed by atoms with van der Waals surface area (Å²) in [4.78, 5) is 16.2. The van der Waals surface area contributed by atoms with Crippen LogP contribution in [-0.2, 0) is 0 Å². The highest BCUT2D eigenvalue weighted by Gasteiger charge is 2.21. The van der Waals surface area contributed by atoms with E-state index in [0.29, 0.717) is 0 Å². The Morgan fingerprint density at radius 1 is 1.23 bits per heavy atom.